The van der Waals surface area contributed by atoms with Gasteiger partial charge in [0.25, 0.3) is 0 Å². The number of hydrogen-bond donors (Lipinski definition) is 1. The van der Waals surface area contributed by atoms with Crippen molar-refractivity contribution in [1.82, 2.24) is 15.1 Å². The zero-order chi connectivity index (χ0) is 21.8. The smallest absolute Gasteiger partial charge is 0.318 e. The van der Waals surface area contributed by atoms with Gasteiger partial charge in [-0.05, 0) is 55.2 Å². The number of carbonyl (C=O) groups is 2. The minimum absolute atomic E-state index is 0.0696. The highest BCUT2D eigenvalue weighted by atomic mass is 35.5. The maximum absolute atomic E-state index is 13.0. The fraction of sp³-hybridized carbons (Fsp3) is 0.364. The summed E-state index contributed by atoms with van der Waals surface area (Å²) in [7, 11) is 1.75. The highest BCUT2D eigenvalue weighted by Crippen LogP contribution is 2.26. The highest BCUT2D eigenvalue weighted by molar-refractivity contribution is 6.42. The summed E-state index contributed by atoms with van der Waals surface area (Å²) in [4.78, 5) is 29.2. The van der Waals surface area contributed by atoms with Gasteiger partial charge in [0.2, 0.25) is 5.91 Å². The van der Waals surface area contributed by atoms with Crippen molar-refractivity contribution in [3.63, 3.8) is 0 Å². The molecule has 1 saturated heterocycles. The molecule has 2 atom stereocenters. The lowest BCUT2D eigenvalue weighted by Gasteiger charge is -2.29. The number of amides is 3. The number of halogens is 3. The summed E-state index contributed by atoms with van der Waals surface area (Å²) in [5, 5.41) is 4.52. The summed E-state index contributed by atoms with van der Waals surface area (Å²) in [5.41, 5.74) is 1.83. The van der Waals surface area contributed by atoms with Gasteiger partial charge < -0.3 is 15.1 Å². The highest BCUT2D eigenvalue weighted by Gasteiger charge is 2.36. The fourth-order valence-electron chi connectivity index (χ4n) is 3.60. The molecule has 1 N–H and O–H groups in total. The van der Waals surface area contributed by atoms with E-state index in [1.165, 1.54) is 0 Å². The molecule has 1 aliphatic heterocycles. The summed E-state index contributed by atoms with van der Waals surface area (Å²) in [6.45, 7) is 2.88. The minimum Gasteiger partial charge on any atom is -0.340 e. The zero-order valence-corrected chi connectivity index (χ0v) is 19.1. The summed E-state index contributed by atoms with van der Waals surface area (Å²) < 4.78 is 0. The van der Waals surface area contributed by atoms with Gasteiger partial charge in [0.05, 0.1) is 16.1 Å². The summed E-state index contributed by atoms with van der Waals surface area (Å²) in [6, 6.07) is 11.7. The number of benzene rings is 2. The van der Waals surface area contributed by atoms with Crippen LogP contribution >= 0.6 is 34.8 Å². The lowest BCUT2D eigenvalue weighted by molar-refractivity contribution is -0.134. The van der Waals surface area contributed by atoms with Crippen molar-refractivity contribution < 1.29 is 9.59 Å². The molecule has 1 fully saturated rings. The number of nitrogens with one attached hydrogen (secondary N) is 1. The van der Waals surface area contributed by atoms with Gasteiger partial charge in [-0.3, -0.25) is 4.79 Å². The first-order chi connectivity index (χ1) is 14.3. The normalized spacial score (nSPS) is 17.0. The van der Waals surface area contributed by atoms with Crippen LogP contribution in [0.5, 0.6) is 0 Å². The number of carbonyl (C=O) groups excluding carboxylic acids is 2. The maximum atomic E-state index is 13.0. The van der Waals surface area contributed by atoms with E-state index in [-0.39, 0.29) is 18.0 Å². The van der Waals surface area contributed by atoms with Crippen molar-refractivity contribution in [1.29, 1.82) is 0 Å². The van der Waals surface area contributed by atoms with Crippen LogP contribution in [0.1, 0.15) is 36.9 Å². The second-order valence-corrected chi connectivity index (χ2v) is 8.77. The molecule has 0 saturated carbocycles. The molecule has 2 aromatic rings. The number of hydrogen-bond acceptors (Lipinski definition) is 2. The van der Waals surface area contributed by atoms with Gasteiger partial charge >= 0.3 is 6.03 Å². The Balaban J connectivity index is 1.63. The molecular formula is C22H24Cl3N3O2. The van der Waals surface area contributed by atoms with E-state index in [2.05, 4.69) is 5.32 Å². The van der Waals surface area contributed by atoms with E-state index in [9.17, 15) is 9.59 Å². The third-order valence-electron chi connectivity index (χ3n) is 5.29. The average Bonchev–Trinajstić information content (AvgIpc) is 3.21. The Hall–Kier alpha value is -1.95. The maximum Gasteiger partial charge on any atom is 0.318 e. The van der Waals surface area contributed by atoms with Gasteiger partial charge in [-0.25, -0.2) is 4.79 Å². The molecule has 1 heterocycles. The Labute approximate surface area is 191 Å². The third-order valence-corrected chi connectivity index (χ3v) is 6.28. The van der Waals surface area contributed by atoms with E-state index in [4.69, 9.17) is 34.8 Å². The van der Waals surface area contributed by atoms with Crippen molar-refractivity contribution in [3.8, 4) is 0 Å². The van der Waals surface area contributed by atoms with Crippen molar-refractivity contribution in [3.05, 3.63) is 68.7 Å². The molecule has 160 valence electrons. The number of likely N-dealkylation sites (tertiary alicyclic amines) is 1. The van der Waals surface area contributed by atoms with E-state index in [0.29, 0.717) is 34.6 Å². The molecule has 0 radical (unpaired) electrons. The van der Waals surface area contributed by atoms with E-state index in [1.54, 1.807) is 41.1 Å². The molecule has 0 bridgehead atoms. The molecule has 2 unspecified atom stereocenters. The molecule has 8 heteroatoms. The quantitative estimate of drug-likeness (QED) is 0.626. The van der Waals surface area contributed by atoms with Crippen LogP contribution < -0.4 is 5.32 Å². The predicted octanol–water partition coefficient (Wildman–Crippen LogP) is 5.54. The summed E-state index contributed by atoms with van der Waals surface area (Å²) in [6.07, 6.45) is 1.44. The Morgan fingerprint density at radius 1 is 1.13 bits per heavy atom. The first-order valence-corrected chi connectivity index (χ1v) is 10.9. The van der Waals surface area contributed by atoms with Gasteiger partial charge in [0.15, 0.2) is 0 Å². The Bertz CT molecular complexity index is 920. The number of rotatable bonds is 5. The Morgan fingerprint density at radius 3 is 2.50 bits per heavy atom. The van der Waals surface area contributed by atoms with Gasteiger partial charge in [0, 0.05) is 25.2 Å². The van der Waals surface area contributed by atoms with E-state index < -0.39 is 6.04 Å². The molecule has 3 amide bonds. The Morgan fingerprint density at radius 2 is 1.83 bits per heavy atom. The fourth-order valence-corrected chi connectivity index (χ4v) is 4.03. The molecule has 2 aromatic carbocycles. The van der Waals surface area contributed by atoms with Gasteiger partial charge in [-0.15, -0.1) is 0 Å². The summed E-state index contributed by atoms with van der Waals surface area (Å²) in [5.74, 6) is -0.0696. The number of urea groups is 1. The lowest BCUT2D eigenvalue weighted by atomic mass is 10.1. The zero-order valence-electron chi connectivity index (χ0n) is 16.9. The van der Waals surface area contributed by atoms with Crippen LogP contribution in [0.25, 0.3) is 0 Å². The van der Waals surface area contributed by atoms with E-state index in [0.717, 1.165) is 17.5 Å². The first kappa shape index (κ1) is 22.7. The number of nitrogens with zero attached hydrogens (tertiary/aromatic N) is 2. The standard InChI is InChI=1S/C22H24Cl3N3O2/c1-14(16-7-10-18(24)19(25)12-16)26-22(30)28-11-3-4-20(28)21(29)27(2)13-15-5-8-17(23)9-6-15/h5-10,12,14,20H,3-4,11,13H2,1-2H3,(H,26,30). The average molecular weight is 469 g/mol. The molecular weight excluding hydrogens is 445 g/mol. The second kappa shape index (κ2) is 9.90. The van der Waals surface area contributed by atoms with E-state index in [1.807, 2.05) is 25.1 Å². The van der Waals surface area contributed by atoms with Crippen molar-refractivity contribution in [2.75, 3.05) is 13.6 Å². The van der Waals surface area contributed by atoms with Crippen LogP contribution in [0.2, 0.25) is 15.1 Å². The van der Waals surface area contributed by atoms with Crippen molar-refractivity contribution in [2.24, 2.45) is 0 Å². The predicted molar refractivity (Wildman–Crippen MR) is 121 cm³/mol. The molecule has 1 aliphatic rings. The largest absolute Gasteiger partial charge is 0.340 e. The molecule has 0 aliphatic carbocycles. The van der Waals surface area contributed by atoms with Crippen LogP contribution in [0.15, 0.2) is 42.5 Å². The van der Waals surface area contributed by atoms with Crippen molar-refractivity contribution in [2.45, 2.75) is 38.4 Å². The van der Waals surface area contributed by atoms with Crippen LogP contribution in [0.4, 0.5) is 4.79 Å². The van der Waals surface area contributed by atoms with Gasteiger partial charge in [0.1, 0.15) is 6.04 Å². The molecule has 5 nitrogen and oxygen atoms in total. The van der Waals surface area contributed by atoms with E-state index >= 15 is 0 Å². The van der Waals surface area contributed by atoms with Gasteiger partial charge in [-0.1, -0.05) is 53.0 Å². The second-order valence-electron chi connectivity index (χ2n) is 7.52. The molecule has 0 spiro atoms. The monoisotopic (exact) mass is 467 g/mol. The Kier molecular flexibility index (Phi) is 7.50. The topological polar surface area (TPSA) is 52.7 Å². The van der Waals surface area contributed by atoms with Crippen molar-refractivity contribution >= 4 is 46.7 Å². The van der Waals surface area contributed by atoms with Crippen LogP contribution in [0.3, 0.4) is 0 Å². The minimum atomic E-state index is -0.469. The number of likely N-dealkylation sites (N-methyl/N-ethyl adjacent to an activating group) is 1. The lowest BCUT2D eigenvalue weighted by Crippen LogP contribution is -2.50. The molecule has 30 heavy (non-hydrogen) atoms. The SMILES string of the molecule is CC(NC(=O)N1CCCC1C(=O)N(C)Cc1ccc(Cl)cc1)c1ccc(Cl)c(Cl)c1. The van der Waals surface area contributed by atoms with Crippen LogP contribution in [0, 0.1) is 0 Å². The summed E-state index contributed by atoms with van der Waals surface area (Å²) >= 11 is 18.0. The first-order valence-electron chi connectivity index (χ1n) is 9.77. The van der Waals surface area contributed by atoms with Gasteiger partial charge in [-0.2, -0.15) is 0 Å². The molecule has 3 rings (SSSR count). The van der Waals surface area contributed by atoms with Crippen LogP contribution in [-0.4, -0.2) is 41.4 Å². The third kappa shape index (κ3) is 5.39. The molecule has 0 aromatic heterocycles. The van der Waals surface area contributed by atoms with Crippen LogP contribution in [-0.2, 0) is 11.3 Å².